The first-order valence-corrected chi connectivity index (χ1v) is 7.43. The molecule has 1 N–H and O–H groups in total. The molecule has 0 saturated heterocycles. The van der Waals surface area contributed by atoms with E-state index in [9.17, 15) is 0 Å². The fourth-order valence-electron chi connectivity index (χ4n) is 2.87. The number of benzene rings is 2. The van der Waals surface area contributed by atoms with Crippen LogP contribution in [-0.2, 0) is 0 Å². The van der Waals surface area contributed by atoms with Gasteiger partial charge in [-0.1, -0.05) is 40.2 Å². The van der Waals surface area contributed by atoms with E-state index in [1.165, 1.54) is 5.56 Å². The van der Waals surface area contributed by atoms with Gasteiger partial charge < -0.3 is 10.2 Å². The number of nitrogens with zero attached hydrogens (tertiary/aromatic N) is 1. The summed E-state index contributed by atoms with van der Waals surface area (Å²) < 4.78 is 6.97. The fourth-order valence-corrected chi connectivity index (χ4v) is 3.13. The number of fused-ring (bicyclic) bond motifs is 3. The molecule has 2 heterocycles. The van der Waals surface area contributed by atoms with E-state index >= 15 is 0 Å². The predicted octanol–water partition coefficient (Wildman–Crippen LogP) is 3.51. The zero-order chi connectivity index (χ0) is 13.5. The monoisotopic (exact) mass is 328 g/mol. The van der Waals surface area contributed by atoms with Crippen molar-refractivity contribution in [2.24, 2.45) is 11.0 Å². The highest BCUT2D eigenvalue weighted by Gasteiger charge is 2.38. The second-order valence-corrected chi connectivity index (χ2v) is 5.98. The minimum Gasteiger partial charge on any atom is -0.492 e. The van der Waals surface area contributed by atoms with Crippen molar-refractivity contribution in [1.29, 1.82) is 0 Å². The number of hydrogen-bond donors (Lipinski definition) is 1. The van der Waals surface area contributed by atoms with Crippen molar-refractivity contribution in [2.75, 3.05) is 6.61 Å². The van der Waals surface area contributed by atoms with Gasteiger partial charge in [0, 0.05) is 10.0 Å². The van der Waals surface area contributed by atoms with Gasteiger partial charge in [-0.05, 0) is 29.8 Å². The van der Waals surface area contributed by atoms with Gasteiger partial charge in [0.05, 0.1) is 24.3 Å². The molecule has 2 aromatic rings. The third-order valence-corrected chi connectivity index (χ3v) is 4.42. The second kappa shape index (κ2) is 4.63. The van der Waals surface area contributed by atoms with E-state index in [0.717, 1.165) is 21.5 Å². The molecule has 0 bridgehead atoms. The maximum Gasteiger partial charge on any atom is 0.128 e. The van der Waals surface area contributed by atoms with E-state index in [1.54, 1.807) is 0 Å². The van der Waals surface area contributed by atoms with Crippen LogP contribution in [0.15, 0.2) is 58.1 Å². The molecule has 3 nitrogen and oxygen atoms in total. The van der Waals surface area contributed by atoms with Crippen LogP contribution < -0.4 is 10.2 Å². The van der Waals surface area contributed by atoms with Crippen molar-refractivity contribution >= 4 is 21.6 Å². The summed E-state index contributed by atoms with van der Waals surface area (Å²) in [5.41, 5.74) is 6.72. The molecule has 2 aliphatic rings. The molecule has 0 unspecified atom stereocenters. The van der Waals surface area contributed by atoms with E-state index in [0.29, 0.717) is 6.61 Å². The van der Waals surface area contributed by atoms with Crippen LogP contribution in [0.2, 0.25) is 0 Å². The van der Waals surface area contributed by atoms with Crippen molar-refractivity contribution in [3.8, 4) is 5.75 Å². The molecule has 4 rings (SSSR count). The lowest BCUT2D eigenvalue weighted by Gasteiger charge is -2.26. The Morgan fingerprint density at radius 1 is 1.10 bits per heavy atom. The molecule has 2 aliphatic heterocycles. The minimum atomic E-state index is 0.187. The molecule has 0 aromatic heterocycles. The van der Waals surface area contributed by atoms with Crippen LogP contribution in [0.5, 0.6) is 5.75 Å². The Balaban J connectivity index is 1.69. The Bertz CT molecular complexity index is 681. The molecule has 2 aromatic carbocycles. The molecule has 0 aliphatic carbocycles. The van der Waals surface area contributed by atoms with Crippen LogP contribution in [0.1, 0.15) is 17.2 Å². The maximum absolute atomic E-state index is 5.88. The zero-order valence-electron chi connectivity index (χ0n) is 10.7. The van der Waals surface area contributed by atoms with Gasteiger partial charge in [0.25, 0.3) is 0 Å². The van der Waals surface area contributed by atoms with Gasteiger partial charge in [0.1, 0.15) is 5.75 Å². The Hall–Kier alpha value is -1.81. The Labute approximate surface area is 125 Å². The Morgan fingerprint density at radius 3 is 2.75 bits per heavy atom. The van der Waals surface area contributed by atoms with Gasteiger partial charge in [0.2, 0.25) is 0 Å². The summed E-state index contributed by atoms with van der Waals surface area (Å²) in [6, 6.07) is 16.7. The van der Waals surface area contributed by atoms with Crippen molar-refractivity contribution in [3.63, 3.8) is 0 Å². The summed E-state index contributed by atoms with van der Waals surface area (Å²) >= 11 is 3.47. The van der Waals surface area contributed by atoms with Crippen LogP contribution >= 0.6 is 15.9 Å². The minimum absolute atomic E-state index is 0.187. The van der Waals surface area contributed by atoms with Crippen molar-refractivity contribution in [1.82, 2.24) is 5.43 Å². The molecule has 0 fully saturated rings. The lowest BCUT2D eigenvalue weighted by atomic mass is 9.86. The van der Waals surface area contributed by atoms with Crippen LogP contribution in [0.25, 0.3) is 0 Å². The molecule has 0 saturated carbocycles. The summed E-state index contributed by atoms with van der Waals surface area (Å²) in [4.78, 5) is 0. The van der Waals surface area contributed by atoms with E-state index in [-0.39, 0.29) is 12.0 Å². The summed E-state index contributed by atoms with van der Waals surface area (Å²) in [7, 11) is 0. The number of hydrogen-bond acceptors (Lipinski definition) is 3. The molecular formula is C16H13BrN2O. The summed E-state index contributed by atoms with van der Waals surface area (Å²) in [5.74, 6) is 1.20. The zero-order valence-corrected chi connectivity index (χ0v) is 12.3. The average molecular weight is 329 g/mol. The summed E-state index contributed by atoms with van der Waals surface area (Å²) in [6.07, 6.45) is 0. The van der Waals surface area contributed by atoms with Crippen LogP contribution in [0.3, 0.4) is 0 Å². The van der Waals surface area contributed by atoms with E-state index < -0.39 is 0 Å². The average Bonchev–Trinajstić information content (AvgIpc) is 2.92. The largest absolute Gasteiger partial charge is 0.492 e. The first-order chi connectivity index (χ1) is 9.83. The van der Waals surface area contributed by atoms with Gasteiger partial charge in [-0.15, -0.1) is 0 Å². The van der Waals surface area contributed by atoms with Crippen LogP contribution in [0.4, 0.5) is 0 Å². The molecule has 4 heteroatoms. The van der Waals surface area contributed by atoms with E-state index in [2.05, 4.69) is 56.8 Å². The highest BCUT2D eigenvalue weighted by molar-refractivity contribution is 9.10. The highest BCUT2D eigenvalue weighted by Crippen LogP contribution is 2.37. The van der Waals surface area contributed by atoms with E-state index in [4.69, 9.17) is 4.74 Å². The van der Waals surface area contributed by atoms with Gasteiger partial charge in [-0.3, -0.25) is 0 Å². The number of para-hydroxylation sites is 1. The predicted molar refractivity (Wildman–Crippen MR) is 82.0 cm³/mol. The molecule has 0 amide bonds. The fraction of sp³-hybridized carbons (Fsp3) is 0.188. The number of rotatable bonds is 1. The van der Waals surface area contributed by atoms with Gasteiger partial charge in [0.15, 0.2) is 0 Å². The van der Waals surface area contributed by atoms with Crippen LogP contribution in [0, 0.1) is 5.92 Å². The lowest BCUT2D eigenvalue weighted by Crippen LogP contribution is -2.31. The topological polar surface area (TPSA) is 33.6 Å². The highest BCUT2D eigenvalue weighted by atomic mass is 79.9. The summed E-state index contributed by atoms with van der Waals surface area (Å²) in [5, 5.41) is 4.55. The van der Waals surface area contributed by atoms with Crippen molar-refractivity contribution in [3.05, 3.63) is 64.1 Å². The second-order valence-electron chi connectivity index (χ2n) is 5.07. The molecule has 2 atom stereocenters. The molecule has 0 spiro atoms. The summed E-state index contributed by atoms with van der Waals surface area (Å²) in [6.45, 7) is 0.670. The number of nitrogens with one attached hydrogen (secondary N) is 1. The van der Waals surface area contributed by atoms with E-state index in [1.807, 2.05) is 18.2 Å². The van der Waals surface area contributed by atoms with Gasteiger partial charge in [-0.25, -0.2) is 0 Å². The molecule has 0 radical (unpaired) electrons. The Morgan fingerprint density at radius 2 is 1.90 bits per heavy atom. The van der Waals surface area contributed by atoms with Crippen molar-refractivity contribution in [2.45, 2.75) is 6.04 Å². The smallest absolute Gasteiger partial charge is 0.128 e. The van der Waals surface area contributed by atoms with Gasteiger partial charge in [-0.2, -0.15) is 5.10 Å². The lowest BCUT2D eigenvalue weighted by molar-refractivity contribution is 0.254. The first kappa shape index (κ1) is 12.0. The normalized spacial score (nSPS) is 23.1. The van der Waals surface area contributed by atoms with Crippen LogP contribution in [-0.4, -0.2) is 12.3 Å². The first-order valence-electron chi connectivity index (χ1n) is 6.64. The van der Waals surface area contributed by atoms with Crippen molar-refractivity contribution < 1.29 is 4.74 Å². The number of ether oxygens (including phenoxy) is 1. The quantitative estimate of drug-likeness (QED) is 0.869. The third kappa shape index (κ3) is 1.83. The SMILES string of the molecule is Brc1ccc([C@H]2NN=C3c4ccccc4OC[C@H]32)cc1. The molecular weight excluding hydrogens is 316 g/mol. The standard InChI is InChI=1S/C16H13BrN2O/c17-11-7-5-10(6-8-11)15-13-9-20-14-4-2-1-3-12(14)16(13)19-18-15/h1-8,13,15,18H,9H2/t13-,15+/m0/s1. The third-order valence-electron chi connectivity index (χ3n) is 3.89. The maximum atomic E-state index is 5.88. The number of hydrazone groups is 1. The van der Waals surface area contributed by atoms with Gasteiger partial charge >= 0.3 is 0 Å². The molecule has 20 heavy (non-hydrogen) atoms. The Kier molecular flexibility index (Phi) is 2.77. The number of halogens is 1. The molecule has 100 valence electrons.